The van der Waals surface area contributed by atoms with E-state index in [1.807, 2.05) is 6.26 Å². The third kappa shape index (κ3) is 7.49. The van der Waals surface area contributed by atoms with Gasteiger partial charge in [0.1, 0.15) is 5.75 Å². The SMILES string of the molecule is CN=C(NCc1ccccc1OC(F)(F)F)NCC(C)(C)SC. The van der Waals surface area contributed by atoms with Crippen LogP contribution in [0.4, 0.5) is 13.2 Å². The molecule has 0 fully saturated rings. The molecule has 0 radical (unpaired) electrons. The number of nitrogens with one attached hydrogen (secondary N) is 2. The number of alkyl halides is 3. The van der Waals surface area contributed by atoms with E-state index in [1.165, 1.54) is 12.1 Å². The molecule has 0 saturated carbocycles. The minimum Gasteiger partial charge on any atom is -0.405 e. The summed E-state index contributed by atoms with van der Waals surface area (Å²) in [6.45, 7) is 5.02. The van der Waals surface area contributed by atoms with Crippen LogP contribution in [0.5, 0.6) is 5.75 Å². The lowest BCUT2D eigenvalue weighted by Crippen LogP contribution is -2.43. The fourth-order valence-corrected chi connectivity index (χ4v) is 1.86. The number of hydrogen-bond acceptors (Lipinski definition) is 3. The van der Waals surface area contributed by atoms with Gasteiger partial charge in [0.2, 0.25) is 0 Å². The molecule has 23 heavy (non-hydrogen) atoms. The van der Waals surface area contributed by atoms with Crippen LogP contribution in [0.1, 0.15) is 19.4 Å². The van der Waals surface area contributed by atoms with Crippen molar-refractivity contribution in [3.8, 4) is 5.75 Å². The summed E-state index contributed by atoms with van der Waals surface area (Å²) < 4.78 is 41.2. The van der Waals surface area contributed by atoms with Crippen molar-refractivity contribution < 1.29 is 17.9 Å². The molecule has 0 unspecified atom stereocenters. The first-order valence-corrected chi connectivity index (χ1v) is 8.22. The molecule has 0 aliphatic carbocycles. The largest absolute Gasteiger partial charge is 0.573 e. The first kappa shape index (κ1) is 19.5. The summed E-state index contributed by atoms with van der Waals surface area (Å²) >= 11 is 1.71. The molecule has 0 amide bonds. The van der Waals surface area contributed by atoms with Crippen LogP contribution in [0, 0.1) is 0 Å². The van der Waals surface area contributed by atoms with Crippen molar-refractivity contribution in [2.75, 3.05) is 19.8 Å². The van der Waals surface area contributed by atoms with Gasteiger partial charge < -0.3 is 15.4 Å². The molecule has 0 aliphatic heterocycles. The monoisotopic (exact) mass is 349 g/mol. The van der Waals surface area contributed by atoms with E-state index in [0.29, 0.717) is 18.1 Å². The number of thioether (sulfide) groups is 1. The second-order valence-corrected chi connectivity index (χ2v) is 6.91. The number of aliphatic imine (C=N–C) groups is 1. The third-order valence-electron chi connectivity index (χ3n) is 3.10. The van der Waals surface area contributed by atoms with E-state index >= 15 is 0 Å². The first-order chi connectivity index (χ1) is 10.7. The predicted octanol–water partition coefficient (Wildman–Crippen LogP) is 3.39. The summed E-state index contributed by atoms with van der Waals surface area (Å²) in [7, 11) is 1.61. The van der Waals surface area contributed by atoms with Crippen LogP contribution < -0.4 is 15.4 Å². The average Bonchev–Trinajstić information content (AvgIpc) is 2.47. The van der Waals surface area contributed by atoms with Crippen LogP contribution in [-0.4, -0.2) is 36.9 Å². The van der Waals surface area contributed by atoms with Crippen molar-refractivity contribution in [2.45, 2.75) is 31.5 Å². The number of guanidine groups is 1. The highest BCUT2D eigenvalue weighted by molar-refractivity contribution is 7.99. The molecular formula is C15H22F3N3OS. The van der Waals surface area contributed by atoms with Crippen LogP contribution in [0.25, 0.3) is 0 Å². The van der Waals surface area contributed by atoms with Crippen molar-refractivity contribution in [1.29, 1.82) is 0 Å². The fourth-order valence-electron chi connectivity index (χ4n) is 1.64. The van der Waals surface area contributed by atoms with Crippen LogP contribution in [0.2, 0.25) is 0 Å². The number of para-hydroxylation sites is 1. The number of ether oxygens (including phenoxy) is 1. The Hall–Kier alpha value is -1.57. The zero-order chi connectivity index (χ0) is 17.5. The summed E-state index contributed by atoms with van der Waals surface area (Å²) in [4.78, 5) is 4.07. The van der Waals surface area contributed by atoms with Crippen molar-refractivity contribution >= 4 is 17.7 Å². The lowest BCUT2D eigenvalue weighted by Gasteiger charge is -2.24. The maximum Gasteiger partial charge on any atom is 0.573 e. The smallest absolute Gasteiger partial charge is 0.405 e. The molecule has 0 atom stereocenters. The van der Waals surface area contributed by atoms with Crippen molar-refractivity contribution in [3.63, 3.8) is 0 Å². The average molecular weight is 349 g/mol. The van der Waals surface area contributed by atoms with Gasteiger partial charge in [-0.25, -0.2) is 0 Å². The van der Waals surface area contributed by atoms with Gasteiger partial charge in [0.05, 0.1) is 0 Å². The number of hydrogen-bond donors (Lipinski definition) is 2. The second-order valence-electron chi connectivity index (χ2n) is 5.40. The van der Waals surface area contributed by atoms with Gasteiger partial charge in [-0.05, 0) is 26.2 Å². The minimum atomic E-state index is -4.71. The zero-order valence-corrected chi connectivity index (χ0v) is 14.4. The van der Waals surface area contributed by atoms with Gasteiger partial charge in [-0.15, -0.1) is 13.2 Å². The fraction of sp³-hybridized carbons (Fsp3) is 0.533. The predicted molar refractivity (Wildman–Crippen MR) is 88.9 cm³/mol. The van der Waals surface area contributed by atoms with Crippen molar-refractivity contribution in [2.24, 2.45) is 4.99 Å². The molecule has 0 saturated heterocycles. The molecular weight excluding hydrogens is 327 g/mol. The van der Waals surface area contributed by atoms with E-state index < -0.39 is 6.36 Å². The molecule has 1 aromatic rings. The Balaban J connectivity index is 2.66. The Morgan fingerprint density at radius 2 is 1.87 bits per heavy atom. The Kier molecular flexibility index (Phi) is 7.05. The van der Waals surface area contributed by atoms with E-state index in [0.717, 1.165) is 0 Å². The molecule has 1 aromatic carbocycles. The Labute approximate surface area is 138 Å². The molecule has 0 aliphatic rings. The highest BCUT2D eigenvalue weighted by Gasteiger charge is 2.31. The van der Waals surface area contributed by atoms with Crippen LogP contribution in [0.3, 0.4) is 0 Å². The third-order valence-corrected chi connectivity index (χ3v) is 4.35. The van der Waals surface area contributed by atoms with E-state index in [9.17, 15) is 13.2 Å². The molecule has 0 heterocycles. The first-order valence-electron chi connectivity index (χ1n) is 7.00. The lowest BCUT2D eigenvalue weighted by atomic mass is 10.2. The van der Waals surface area contributed by atoms with Gasteiger partial charge >= 0.3 is 6.36 Å². The summed E-state index contributed by atoms with van der Waals surface area (Å²) in [6.07, 6.45) is -2.69. The van der Waals surface area contributed by atoms with Gasteiger partial charge in [0, 0.05) is 30.4 Å². The summed E-state index contributed by atoms with van der Waals surface area (Å²) in [5.74, 6) is 0.307. The Morgan fingerprint density at radius 1 is 1.22 bits per heavy atom. The molecule has 0 aromatic heterocycles. The maximum atomic E-state index is 12.4. The number of halogens is 3. The van der Waals surface area contributed by atoms with Gasteiger partial charge in [-0.3, -0.25) is 4.99 Å². The number of rotatable bonds is 6. The van der Waals surface area contributed by atoms with E-state index in [-0.39, 0.29) is 17.0 Å². The molecule has 4 nitrogen and oxygen atoms in total. The highest BCUT2D eigenvalue weighted by atomic mass is 32.2. The van der Waals surface area contributed by atoms with Crippen molar-refractivity contribution in [3.05, 3.63) is 29.8 Å². The topological polar surface area (TPSA) is 45.7 Å². The normalized spacial score (nSPS) is 12.9. The van der Waals surface area contributed by atoms with Gasteiger partial charge in [0.15, 0.2) is 5.96 Å². The Morgan fingerprint density at radius 3 is 2.43 bits per heavy atom. The summed E-state index contributed by atoms with van der Waals surface area (Å²) in [5.41, 5.74) is 0.400. The van der Waals surface area contributed by atoms with Gasteiger partial charge in [-0.1, -0.05) is 18.2 Å². The number of benzene rings is 1. The zero-order valence-electron chi connectivity index (χ0n) is 13.6. The van der Waals surface area contributed by atoms with E-state index in [4.69, 9.17) is 0 Å². The van der Waals surface area contributed by atoms with Gasteiger partial charge in [-0.2, -0.15) is 11.8 Å². The molecule has 0 spiro atoms. The van der Waals surface area contributed by atoms with Crippen LogP contribution in [-0.2, 0) is 6.54 Å². The van der Waals surface area contributed by atoms with E-state index in [1.54, 1.807) is 30.9 Å². The molecule has 2 N–H and O–H groups in total. The highest BCUT2D eigenvalue weighted by Crippen LogP contribution is 2.26. The summed E-state index contributed by atoms with van der Waals surface area (Å²) in [5, 5.41) is 6.14. The van der Waals surface area contributed by atoms with Crippen LogP contribution >= 0.6 is 11.8 Å². The quantitative estimate of drug-likeness (QED) is 0.610. The molecule has 1 rings (SSSR count). The lowest BCUT2D eigenvalue weighted by molar-refractivity contribution is -0.274. The van der Waals surface area contributed by atoms with Crippen molar-refractivity contribution in [1.82, 2.24) is 10.6 Å². The summed E-state index contributed by atoms with van der Waals surface area (Å²) in [6, 6.07) is 6.02. The standard InChI is InChI=1S/C15H22F3N3OS/c1-14(2,23-4)10-21-13(19-3)20-9-11-7-5-6-8-12(11)22-15(16,17)18/h5-8H,9-10H2,1-4H3,(H2,19,20,21). The second kappa shape index (κ2) is 8.33. The Bertz CT molecular complexity index is 533. The molecule has 0 bridgehead atoms. The molecule has 8 heteroatoms. The van der Waals surface area contributed by atoms with Gasteiger partial charge in [0.25, 0.3) is 0 Å². The van der Waals surface area contributed by atoms with Crippen LogP contribution in [0.15, 0.2) is 29.3 Å². The maximum absolute atomic E-state index is 12.4. The minimum absolute atomic E-state index is 0.0227. The number of nitrogens with zero attached hydrogens (tertiary/aromatic N) is 1. The molecule has 130 valence electrons. The van der Waals surface area contributed by atoms with E-state index in [2.05, 4.69) is 34.2 Å².